The Bertz CT molecular complexity index is 1130. The molecule has 3 aliphatic heterocycles. The average molecular weight is 643 g/mol. The molecule has 0 radical (unpaired) electrons. The summed E-state index contributed by atoms with van der Waals surface area (Å²) in [6.45, 7) is 16.7. The Hall–Kier alpha value is -2.07. The highest BCUT2D eigenvalue weighted by Gasteiger charge is 2.47. The van der Waals surface area contributed by atoms with Crippen LogP contribution in [0.15, 0.2) is 54.6 Å². The normalized spacial score (nSPS) is 32.5. The van der Waals surface area contributed by atoms with E-state index >= 15 is 0 Å². The molecular weight excluding hydrogens is 584 g/mol. The molecule has 0 aliphatic carbocycles. The smallest absolute Gasteiger partial charge is 0.311 e. The molecule has 3 fully saturated rings. The zero-order valence-corrected chi connectivity index (χ0v) is 28.7. The number of benzene rings is 1. The Balaban J connectivity index is 1.32. The van der Waals surface area contributed by atoms with Gasteiger partial charge in [-0.25, -0.2) is 0 Å². The van der Waals surface area contributed by atoms with Gasteiger partial charge >= 0.3 is 5.97 Å². The van der Waals surface area contributed by atoms with Crippen LogP contribution < -0.4 is 0 Å². The summed E-state index contributed by atoms with van der Waals surface area (Å²) < 4.78 is 31.1. The summed E-state index contributed by atoms with van der Waals surface area (Å²) in [5, 5.41) is 19.8. The van der Waals surface area contributed by atoms with E-state index in [0.29, 0.717) is 25.4 Å². The zero-order valence-electron chi connectivity index (χ0n) is 28.7. The van der Waals surface area contributed by atoms with E-state index in [2.05, 4.69) is 32.2 Å². The van der Waals surface area contributed by atoms with Gasteiger partial charge in [-0.05, 0) is 88.3 Å². The SMILES string of the molecule is C=C1C(C[C@@H]2O[C@H](C[C@H](O)CO)[C@H](OC)[C@H]2Cc2ccccc2)O[C@@H](CC[C@@H]2O[C@@H](CCCOC(=O)C(C)(C)C)CC2=C)C[C@H]1C. The molecule has 0 amide bonds. The molecule has 0 spiro atoms. The van der Waals surface area contributed by atoms with Gasteiger partial charge in [0, 0.05) is 25.9 Å². The second-order valence-corrected chi connectivity index (χ2v) is 14.7. The maximum atomic E-state index is 12.0. The number of ether oxygens (including phenoxy) is 5. The number of hydrogen-bond acceptors (Lipinski definition) is 8. The lowest BCUT2D eigenvalue weighted by Gasteiger charge is -2.38. The van der Waals surface area contributed by atoms with E-state index in [4.69, 9.17) is 23.7 Å². The number of carbonyl (C=O) groups is 1. The maximum Gasteiger partial charge on any atom is 0.311 e. The van der Waals surface area contributed by atoms with E-state index in [1.165, 1.54) is 5.56 Å². The van der Waals surface area contributed by atoms with Gasteiger partial charge in [0.05, 0.1) is 67.5 Å². The zero-order chi connectivity index (χ0) is 33.4. The van der Waals surface area contributed by atoms with Crippen molar-refractivity contribution in [3.8, 4) is 0 Å². The lowest BCUT2D eigenvalue weighted by molar-refractivity contribution is -0.153. The fourth-order valence-corrected chi connectivity index (χ4v) is 7.23. The van der Waals surface area contributed by atoms with Crippen LogP contribution in [0.3, 0.4) is 0 Å². The average Bonchev–Trinajstić information content (AvgIpc) is 3.53. The predicted octanol–water partition coefficient (Wildman–Crippen LogP) is 5.97. The van der Waals surface area contributed by atoms with Crippen LogP contribution in [0.5, 0.6) is 0 Å². The van der Waals surface area contributed by atoms with Gasteiger partial charge in [-0.15, -0.1) is 0 Å². The number of hydrogen-bond donors (Lipinski definition) is 2. The number of carbonyl (C=O) groups excluding carboxylic acids is 1. The molecule has 1 aromatic rings. The second-order valence-electron chi connectivity index (χ2n) is 14.7. The van der Waals surface area contributed by atoms with E-state index in [9.17, 15) is 15.0 Å². The number of esters is 1. The highest BCUT2D eigenvalue weighted by molar-refractivity contribution is 5.75. The van der Waals surface area contributed by atoms with E-state index < -0.39 is 11.5 Å². The van der Waals surface area contributed by atoms with Crippen LogP contribution in [0.1, 0.15) is 84.6 Å². The van der Waals surface area contributed by atoms with Gasteiger partial charge < -0.3 is 33.9 Å². The molecule has 0 saturated carbocycles. The van der Waals surface area contributed by atoms with Crippen LogP contribution in [0.25, 0.3) is 0 Å². The van der Waals surface area contributed by atoms with E-state index in [1.54, 1.807) is 7.11 Å². The molecule has 1 unspecified atom stereocenters. The molecule has 3 saturated heterocycles. The maximum absolute atomic E-state index is 12.0. The fraction of sp³-hybridized carbons (Fsp3) is 0.711. The standard InChI is InChI=1S/C38H58O8/c1-24-18-30(15-16-32-25(2)19-29(44-32)14-11-17-43-37(41)38(4,5)6)45-33(26(24)3)22-34-31(20-27-12-9-8-10-13-27)36(42-7)35(46-34)21-28(40)23-39/h8-10,12-13,24,28-36,39-40H,2-3,11,14-23H2,1,4-7H3/t24-,28+,29+,30+,31+,32+,33?,34+,35-,36-/m1/s1. The van der Waals surface area contributed by atoms with E-state index in [0.717, 1.165) is 56.1 Å². The second kappa shape index (κ2) is 16.8. The van der Waals surface area contributed by atoms with Crippen LogP contribution in [0.4, 0.5) is 0 Å². The van der Waals surface area contributed by atoms with Crippen molar-refractivity contribution < 1.29 is 38.7 Å². The molecular formula is C38H58O8. The summed E-state index contributed by atoms with van der Waals surface area (Å²) in [5.41, 5.74) is 2.95. The summed E-state index contributed by atoms with van der Waals surface area (Å²) in [6, 6.07) is 10.4. The van der Waals surface area contributed by atoms with Crippen LogP contribution in [0, 0.1) is 17.3 Å². The van der Waals surface area contributed by atoms with Crippen molar-refractivity contribution in [2.75, 3.05) is 20.3 Å². The van der Waals surface area contributed by atoms with Crippen molar-refractivity contribution in [1.82, 2.24) is 0 Å². The Kier molecular flexibility index (Phi) is 13.5. The van der Waals surface area contributed by atoms with Gasteiger partial charge in [0.15, 0.2) is 0 Å². The monoisotopic (exact) mass is 642 g/mol. The van der Waals surface area contributed by atoms with Crippen molar-refractivity contribution in [2.45, 2.75) is 134 Å². The van der Waals surface area contributed by atoms with Crippen molar-refractivity contribution in [1.29, 1.82) is 0 Å². The molecule has 2 N–H and O–H groups in total. The molecule has 258 valence electrons. The lowest BCUT2D eigenvalue weighted by Crippen LogP contribution is -2.38. The van der Waals surface area contributed by atoms with Crippen molar-refractivity contribution >= 4 is 5.97 Å². The van der Waals surface area contributed by atoms with Gasteiger partial charge in [-0.2, -0.15) is 0 Å². The summed E-state index contributed by atoms with van der Waals surface area (Å²) in [4.78, 5) is 12.0. The third-order valence-corrected chi connectivity index (χ3v) is 9.95. The fourth-order valence-electron chi connectivity index (χ4n) is 7.23. The Morgan fingerprint density at radius 3 is 2.41 bits per heavy atom. The summed E-state index contributed by atoms with van der Waals surface area (Å²) in [6.07, 6.45) is 5.40. The van der Waals surface area contributed by atoms with E-state index in [-0.39, 0.29) is 61.2 Å². The van der Waals surface area contributed by atoms with Crippen molar-refractivity contribution in [3.05, 3.63) is 60.2 Å². The van der Waals surface area contributed by atoms with Gasteiger partial charge in [0.1, 0.15) is 0 Å². The third kappa shape index (κ3) is 9.97. The number of aliphatic hydroxyl groups excluding tert-OH is 2. The van der Waals surface area contributed by atoms with Gasteiger partial charge in [-0.3, -0.25) is 4.79 Å². The third-order valence-electron chi connectivity index (χ3n) is 9.95. The number of aliphatic hydroxyl groups is 2. The van der Waals surface area contributed by atoms with Crippen molar-refractivity contribution in [2.24, 2.45) is 17.3 Å². The molecule has 8 heteroatoms. The first-order chi connectivity index (χ1) is 21.9. The van der Waals surface area contributed by atoms with Crippen LogP contribution in [0.2, 0.25) is 0 Å². The first kappa shape index (κ1) is 36.8. The predicted molar refractivity (Wildman–Crippen MR) is 178 cm³/mol. The summed E-state index contributed by atoms with van der Waals surface area (Å²) in [7, 11) is 1.70. The van der Waals surface area contributed by atoms with Crippen LogP contribution in [-0.2, 0) is 34.9 Å². The minimum absolute atomic E-state index is 0.0131. The summed E-state index contributed by atoms with van der Waals surface area (Å²) >= 11 is 0. The Morgan fingerprint density at radius 1 is 1.02 bits per heavy atom. The largest absolute Gasteiger partial charge is 0.465 e. The molecule has 4 rings (SSSR count). The number of methoxy groups -OCH3 is 1. The Morgan fingerprint density at radius 2 is 1.74 bits per heavy atom. The number of rotatable bonds is 15. The minimum atomic E-state index is -0.859. The van der Waals surface area contributed by atoms with Gasteiger partial charge in [0.25, 0.3) is 0 Å². The topological polar surface area (TPSA) is 104 Å². The molecule has 10 atom stereocenters. The molecule has 46 heavy (non-hydrogen) atoms. The highest BCUT2D eigenvalue weighted by Crippen LogP contribution is 2.41. The van der Waals surface area contributed by atoms with Gasteiger partial charge in [-0.1, -0.05) is 50.4 Å². The van der Waals surface area contributed by atoms with E-state index in [1.807, 2.05) is 39.0 Å². The lowest BCUT2D eigenvalue weighted by atomic mass is 9.81. The molecule has 3 aliphatic rings. The quantitative estimate of drug-likeness (QED) is 0.137. The molecule has 3 heterocycles. The molecule has 1 aromatic carbocycles. The minimum Gasteiger partial charge on any atom is -0.465 e. The first-order valence-corrected chi connectivity index (χ1v) is 17.2. The Labute approximate surface area is 276 Å². The highest BCUT2D eigenvalue weighted by atomic mass is 16.6. The molecule has 8 nitrogen and oxygen atoms in total. The molecule has 0 aromatic heterocycles. The van der Waals surface area contributed by atoms with Crippen LogP contribution in [-0.4, -0.2) is 85.3 Å². The van der Waals surface area contributed by atoms with Crippen LogP contribution >= 0.6 is 0 Å². The van der Waals surface area contributed by atoms with Crippen molar-refractivity contribution in [3.63, 3.8) is 0 Å². The first-order valence-electron chi connectivity index (χ1n) is 17.2. The van der Waals surface area contributed by atoms with Gasteiger partial charge in [0.2, 0.25) is 0 Å². The summed E-state index contributed by atoms with van der Waals surface area (Å²) in [5.74, 6) is 0.216. The molecule has 0 bridgehead atoms.